The zero-order valence-corrected chi connectivity index (χ0v) is 10.2. The fraction of sp³-hybridized carbons (Fsp3) is 0.333. The molecule has 0 aliphatic carbocycles. The van der Waals surface area contributed by atoms with Crippen molar-refractivity contribution in [3.05, 3.63) is 17.6 Å². The summed E-state index contributed by atoms with van der Waals surface area (Å²) in [5.41, 5.74) is 0.430. The molecule has 1 aliphatic rings. The average Bonchev–Trinajstić information content (AvgIpc) is 2.30. The van der Waals surface area contributed by atoms with Crippen molar-refractivity contribution in [2.45, 2.75) is 11.8 Å². The average molecular weight is 303 g/mol. The monoisotopic (exact) mass is 302 g/mol. The molecule has 0 bridgehead atoms. The van der Waals surface area contributed by atoms with Crippen LogP contribution in [0.1, 0.15) is 12.1 Å². The predicted octanol–water partition coefficient (Wildman–Crippen LogP) is 0.957. The molecule has 3 amide bonds. The van der Waals surface area contributed by atoms with Crippen molar-refractivity contribution in [2.75, 3.05) is 11.4 Å². The maximum absolute atomic E-state index is 13.7. The standard InChI is InChI=1S/C9H8BrFN4O2/c10-4-5-3-6(11)8(14-13-5)15-2-1-7(16)12-9(15)17/h3H,1-2,4H2,(H,12,16,17). The van der Waals surface area contributed by atoms with Crippen LogP contribution in [0.25, 0.3) is 0 Å². The summed E-state index contributed by atoms with van der Waals surface area (Å²) < 4.78 is 13.7. The molecule has 1 fully saturated rings. The van der Waals surface area contributed by atoms with E-state index in [0.29, 0.717) is 11.0 Å². The van der Waals surface area contributed by atoms with E-state index in [4.69, 9.17) is 0 Å². The summed E-state index contributed by atoms with van der Waals surface area (Å²) in [5, 5.41) is 9.86. The molecule has 17 heavy (non-hydrogen) atoms. The Kier molecular flexibility index (Phi) is 3.32. The van der Waals surface area contributed by atoms with E-state index in [9.17, 15) is 14.0 Å². The molecule has 0 spiro atoms. The minimum atomic E-state index is -0.680. The molecule has 0 aromatic carbocycles. The Morgan fingerprint density at radius 3 is 2.82 bits per heavy atom. The highest BCUT2D eigenvalue weighted by Gasteiger charge is 2.27. The van der Waals surface area contributed by atoms with Gasteiger partial charge in [0.05, 0.1) is 5.69 Å². The third kappa shape index (κ3) is 2.41. The molecule has 1 aromatic heterocycles. The Morgan fingerprint density at radius 2 is 2.24 bits per heavy atom. The molecule has 90 valence electrons. The normalized spacial score (nSPS) is 16.0. The van der Waals surface area contributed by atoms with E-state index in [0.717, 1.165) is 4.90 Å². The molecule has 2 rings (SSSR count). The first-order valence-corrected chi connectivity index (χ1v) is 5.93. The van der Waals surface area contributed by atoms with Gasteiger partial charge in [-0.1, -0.05) is 15.9 Å². The minimum absolute atomic E-state index is 0.101. The van der Waals surface area contributed by atoms with E-state index < -0.39 is 11.8 Å². The highest BCUT2D eigenvalue weighted by atomic mass is 79.9. The van der Waals surface area contributed by atoms with Gasteiger partial charge in [0.15, 0.2) is 11.6 Å². The topological polar surface area (TPSA) is 75.2 Å². The van der Waals surface area contributed by atoms with Gasteiger partial charge in [0.25, 0.3) is 0 Å². The number of carbonyl (C=O) groups is 2. The van der Waals surface area contributed by atoms with Gasteiger partial charge in [-0.2, -0.15) is 5.10 Å². The third-order valence-corrected chi connectivity index (χ3v) is 2.80. The van der Waals surface area contributed by atoms with Crippen LogP contribution in [0.3, 0.4) is 0 Å². The molecule has 0 radical (unpaired) electrons. The van der Waals surface area contributed by atoms with Gasteiger partial charge in [0.2, 0.25) is 5.91 Å². The first-order valence-electron chi connectivity index (χ1n) is 4.81. The number of nitrogens with zero attached hydrogens (tertiary/aromatic N) is 3. The SMILES string of the molecule is O=C1CCN(c2nnc(CBr)cc2F)C(=O)N1. The first kappa shape index (κ1) is 11.9. The van der Waals surface area contributed by atoms with Crippen LogP contribution < -0.4 is 10.2 Å². The van der Waals surface area contributed by atoms with Gasteiger partial charge in [-0.05, 0) is 0 Å². The summed E-state index contributed by atoms with van der Waals surface area (Å²) in [7, 11) is 0. The van der Waals surface area contributed by atoms with Crippen LogP contribution in [0.2, 0.25) is 0 Å². The number of halogens is 2. The molecule has 1 aromatic rings. The van der Waals surface area contributed by atoms with Crippen LogP contribution in [-0.2, 0) is 10.1 Å². The second-order valence-electron chi connectivity index (χ2n) is 3.40. The van der Waals surface area contributed by atoms with Crippen LogP contribution in [0.5, 0.6) is 0 Å². The molecule has 1 saturated heterocycles. The highest BCUT2D eigenvalue weighted by Crippen LogP contribution is 2.18. The van der Waals surface area contributed by atoms with E-state index in [1.54, 1.807) is 0 Å². The Bertz CT molecular complexity index is 482. The smallest absolute Gasteiger partial charge is 0.278 e. The van der Waals surface area contributed by atoms with Crippen molar-refractivity contribution in [1.29, 1.82) is 0 Å². The Balaban J connectivity index is 2.28. The van der Waals surface area contributed by atoms with E-state index in [1.165, 1.54) is 6.07 Å². The summed E-state index contributed by atoms with van der Waals surface area (Å²) in [6, 6.07) is 0.516. The summed E-state index contributed by atoms with van der Waals surface area (Å²) in [4.78, 5) is 23.5. The number of rotatable bonds is 2. The maximum Gasteiger partial charge on any atom is 0.329 e. The van der Waals surface area contributed by atoms with Gasteiger partial charge in [0, 0.05) is 24.4 Å². The van der Waals surface area contributed by atoms with Crippen molar-refractivity contribution in [3.8, 4) is 0 Å². The summed E-state index contributed by atoms with van der Waals surface area (Å²) in [6.07, 6.45) is 0.118. The summed E-state index contributed by atoms with van der Waals surface area (Å²) in [5.74, 6) is -1.18. The second kappa shape index (κ2) is 4.74. The summed E-state index contributed by atoms with van der Waals surface area (Å²) >= 11 is 3.13. The number of carbonyl (C=O) groups excluding carboxylic acids is 2. The molecule has 2 heterocycles. The maximum atomic E-state index is 13.7. The van der Waals surface area contributed by atoms with Crippen molar-refractivity contribution < 1.29 is 14.0 Å². The zero-order chi connectivity index (χ0) is 12.4. The molecule has 6 nitrogen and oxygen atoms in total. The fourth-order valence-corrected chi connectivity index (χ4v) is 1.69. The Morgan fingerprint density at radius 1 is 1.47 bits per heavy atom. The van der Waals surface area contributed by atoms with Crippen LogP contribution in [0.15, 0.2) is 6.07 Å². The van der Waals surface area contributed by atoms with E-state index in [-0.39, 0.29) is 24.7 Å². The lowest BCUT2D eigenvalue weighted by Gasteiger charge is -2.25. The third-order valence-electron chi connectivity index (χ3n) is 2.23. The van der Waals surface area contributed by atoms with Crippen LogP contribution in [-0.4, -0.2) is 28.7 Å². The van der Waals surface area contributed by atoms with E-state index in [2.05, 4.69) is 31.4 Å². The van der Waals surface area contributed by atoms with Crippen LogP contribution in [0.4, 0.5) is 15.0 Å². The molecule has 1 aliphatic heterocycles. The lowest BCUT2D eigenvalue weighted by Crippen LogP contribution is -2.50. The summed E-state index contributed by atoms with van der Waals surface area (Å²) in [6.45, 7) is 0.101. The molecular weight excluding hydrogens is 295 g/mol. The van der Waals surface area contributed by atoms with E-state index in [1.807, 2.05) is 0 Å². The molecule has 0 unspecified atom stereocenters. The molecule has 8 heteroatoms. The second-order valence-corrected chi connectivity index (χ2v) is 3.96. The lowest BCUT2D eigenvalue weighted by atomic mass is 10.3. The van der Waals surface area contributed by atoms with Crippen molar-refractivity contribution >= 4 is 33.7 Å². The van der Waals surface area contributed by atoms with Crippen LogP contribution >= 0.6 is 15.9 Å². The fourth-order valence-electron chi connectivity index (χ4n) is 1.41. The molecular formula is C9H8BrFN4O2. The number of anilines is 1. The number of hydrogen-bond acceptors (Lipinski definition) is 4. The van der Waals surface area contributed by atoms with Crippen LogP contribution in [0, 0.1) is 5.82 Å². The number of urea groups is 1. The predicted molar refractivity (Wildman–Crippen MR) is 60.1 cm³/mol. The number of nitrogens with one attached hydrogen (secondary N) is 1. The molecule has 0 atom stereocenters. The van der Waals surface area contributed by atoms with E-state index >= 15 is 0 Å². The largest absolute Gasteiger partial charge is 0.329 e. The number of aromatic nitrogens is 2. The first-order chi connectivity index (χ1) is 8.11. The molecule has 1 N–H and O–H groups in total. The quantitative estimate of drug-likeness (QED) is 0.826. The number of imide groups is 1. The van der Waals surface area contributed by atoms with Gasteiger partial charge in [-0.25, -0.2) is 9.18 Å². The minimum Gasteiger partial charge on any atom is -0.278 e. The number of amides is 3. The van der Waals surface area contributed by atoms with Gasteiger partial charge in [-0.15, -0.1) is 5.10 Å². The number of alkyl halides is 1. The van der Waals surface area contributed by atoms with Crippen molar-refractivity contribution in [1.82, 2.24) is 15.5 Å². The Hall–Kier alpha value is -1.57. The van der Waals surface area contributed by atoms with Gasteiger partial charge >= 0.3 is 6.03 Å². The lowest BCUT2D eigenvalue weighted by molar-refractivity contribution is -0.120. The highest BCUT2D eigenvalue weighted by molar-refractivity contribution is 9.08. The van der Waals surface area contributed by atoms with Gasteiger partial charge < -0.3 is 0 Å². The van der Waals surface area contributed by atoms with Crippen molar-refractivity contribution in [3.63, 3.8) is 0 Å². The number of hydrogen-bond donors (Lipinski definition) is 1. The zero-order valence-electron chi connectivity index (χ0n) is 8.61. The van der Waals surface area contributed by atoms with Crippen molar-refractivity contribution in [2.24, 2.45) is 0 Å². The molecule has 0 saturated carbocycles. The van der Waals surface area contributed by atoms with Gasteiger partial charge in [0.1, 0.15) is 0 Å². The Labute approximate surface area is 104 Å². The van der Waals surface area contributed by atoms with Gasteiger partial charge in [-0.3, -0.25) is 15.0 Å².